The van der Waals surface area contributed by atoms with Gasteiger partial charge in [-0.05, 0) is 67.9 Å². The fraction of sp³-hybridized carbons (Fsp3) is 0.609. The van der Waals surface area contributed by atoms with Crippen LogP contribution in [-0.2, 0) is 4.79 Å². The van der Waals surface area contributed by atoms with Crippen LogP contribution in [0.25, 0.3) is 0 Å². The number of fused-ring (bicyclic) bond motifs is 1. The molecule has 1 aromatic rings. The van der Waals surface area contributed by atoms with Crippen molar-refractivity contribution >= 4 is 17.4 Å². The molecule has 0 N–H and O–H groups in total. The standard InChI is InChI=1S/C23H21ClN2O3/c24-16-5-18-17(28-11-29-18)4-15(16)19-20(23(19,9-25)10-26)21(27)22-6-12-1-13(7-22)3-14(2-12)8-22/h4-5,12-14,19-20H,1-3,6-8,11H2/t12?,13?,14?,19-,20-,22?/m1/s1. The number of halogens is 1. The molecule has 0 radical (unpaired) electrons. The quantitative estimate of drug-likeness (QED) is 0.729. The van der Waals surface area contributed by atoms with Crippen LogP contribution in [0.2, 0.25) is 5.02 Å². The Morgan fingerprint density at radius 1 is 1.00 bits per heavy atom. The second-order valence-electron chi connectivity index (χ2n) is 9.84. The topological polar surface area (TPSA) is 83.1 Å². The highest BCUT2D eigenvalue weighted by Crippen LogP contribution is 2.71. The zero-order valence-electron chi connectivity index (χ0n) is 16.0. The zero-order valence-corrected chi connectivity index (χ0v) is 16.7. The third-order valence-electron chi connectivity index (χ3n) is 8.25. The number of ketones is 1. The smallest absolute Gasteiger partial charge is 0.231 e. The van der Waals surface area contributed by atoms with Gasteiger partial charge in [0.05, 0.1) is 18.1 Å². The van der Waals surface area contributed by atoms with Crippen molar-refractivity contribution in [2.45, 2.75) is 44.4 Å². The second kappa shape index (κ2) is 5.67. The fourth-order valence-electron chi connectivity index (χ4n) is 7.39. The highest BCUT2D eigenvalue weighted by Gasteiger charge is 2.74. The van der Waals surface area contributed by atoms with Gasteiger partial charge >= 0.3 is 0 Å². The van der Waals surface area contributed by atoms with Crippen molar-refractivity contribution in [3.05, 3.63) is 22.7 Å². The summed E-state index contributed by atoms with van der Waals surface area (Å²) < 4.78 is 10.8. The Balaban J connectivity index is 1.39. The number of Topliss-reactive ketones (excluding diaryl/α,β-unsaturated/α-hetero) is 1. The molecule has 2 atom stereocenters. The molecule has 148 valence electrons. The summed E-state index contributed by atoms with van der Waals surface area (Å²) in [7, 11) is 0. The molecule has 5 saturated carbocycles. The lowest BCUT2D eigenvalue weighted by Crippen LogP contribution is -2.50. The van der Waals surface area contributed by atoms with Crippen LogP contribution in [0.4, 0.5) is 0 Å². The molecule has 0 unspecified atom stereocenters. The molecule has 4 bridgehead atoms. The number of nitriles is 2. The molecule has 5 aliphatic carbocycles. The molecular formula is C23H21ClN2O3. The number of benzene rings is 1. The van der Waals surface area contributed by atoms with Crippen LogP contribution in [0.5, 0.6) is 11.5 Å². The van der Waals surface area contributed by atoms with Gasteiger partial charge in [-0.1, -0.05) is 11.6 Å². The Morgan fingerprint density at radius 2 is 1.55 bits per heavy atom. The first kappa shape index (κ1) is 17.6. The largest absolute Gasteiger partial charge is 0.454 e. The third kappa shape index (κ3) is 2.23. The maximum atomic E-state index is 13.9. The molecule has 7 rings (SSSR count). The van der Waals surface area contributed by atoms with Crippen molar-refractivity contribution in [2.75, 3.05) is 6.79 Å². The molecule has 0 amide bonds. The molecule has 6 heteroatoms. The van der Waals surface area contributed by atoms with Gasteiger partial charge in [0.15, 0.2) is 16.9 Å². The monoisotopic (exact) mass is 408 g/mol. The third-order valence-corrected chi connectivity index (χ3v) is 8.57. The van der Waals surface area contributed by atoms with Crippen molar-refractivity contribution in [3.8, 4) is 23.6 Å². The first-order valence-electron chi connectivity index (χ1n) is 10.5. The van der Waals surface area contributed by atoms with E-state index >= 15 is 0 Å². The summed E-state index contributed by atoms with van der Waals surface area (Å²) in [5, 5.41) is 20.3. The normalized spacial score (nSPS) is 39.6. The number of carbonyl (C=O) groups is 1. The van der Waals surface area contributed by atoms with Crippen LogP contribution in [0.15, 0.2) is 12.1 Å². The zero-order chi connectivity index (χ0) is 20.0. The van der Waals surface area contributed by atoms with Crippen LogP contribution >= 0.6 is 11.6 Å². The number of nitrogens with zero attached hydrogens (tertiary/aromatic N) is 2. The van der Waals surface area contributed by atoms with Crippen LogP contribution in [0.1, 0.15) is 50.0 Å². The molecule has 5 nitrogen and oxygen atoms in total. The van der Waals surface area contributed by atoms with E-state index in [0.717, 1.165) is 19.3 Å². The maximum absolute atomic E-state index is 13.9. The first-order valence-corrected chi connectivity index (χ1v) is 10.8. The van der Waals surface area contributed by atoms with E-state index in [0.29, 0.717) is 39.8 Å². The van der Waals surface area contributed by atoms with Crippen molar-refractivity contribution in [1.29, 1.82) is 10.5 Å². The van der Waals surface area contributed by atoms with Gasteiger partial charge in [-0.25, -0.2) is 0 Å². The average Bonchev–Trinajstić information content (AvgIpc) is 3.14. The van der Waals surface area contributed by atoms with Gasteiger partial charge in [0.25, 0.3) is 0 Å². The van der Waals surface area contributed by atoms with Crippen molar-refractivity contribution < 1.29 is 14.3 Å². The number of hydrogen-bond donors (Lipinski definition) is 0. The fourth-order valence-corrected chi connectivity index (χ4v) is 7.66. The molecule has 0 saturated heterocycles. The summed E-state index contributed by atoms with van der Waals surface area (Å²) in [4.78, 5) is 13.9. The second-order valence-corrected chi connectivity index (χ2v) is 10.2. The van der Waals surface area contributed by atoms with Crippen molar-refractivity contribution in [3.63, 3.8) is 0 Å². The van der Waals surface area contributed by atoms with Gasteiger partial charge in [0, 0.05) is 22.4 Å². The SMILES string of the molecule is N#CC1(C#N)[C@H](c2cc3c(cc2Cl)OCO3)[C@@H]1C(=O)C12CC3CC(CC(C3)C1)C2. The number of carbonyl (C=O) groups excluding carboxylic acids is 1. The van der Waals surface area contributed by atoms with Crippen molar-refractivity contribution in [2.24, 2.45) is 34.5 Å². The molecule has 5 fully saturated rings. The van der Waals surface area contributed by atoms with Crippen LogP contribution < -0.4 is 9.47 Å². The van der Waals surface area contributed by atoms with Gasteiger partial charge in [0.2, 0.25) is 6.79 Å². The van der Waals surface area contributed by atoms with E-state index in [4.69, 9.17) is 21.1 Å². The van der Waals surface area contributed by atoms with Gasteiger partial charge in [-0.3, -0.25) is 4.79 Å². The molecular weight excluding hydrogens is 388 g/mol. The van der Waals surface area contributed by atoms with E-state index in [-0.39, 0.29) is 18.0 Å². The van der Waals surface area contributed by atoms with Gasteiger partial charge in [-0.15, -0.1) is 0 Å². The highest BCUT2D eigenvalue weighted by atomic mass is 35.5. The minimum absolute atomic E-state index is 0.122. The van der Waals surface area contributed by atoms with E-state index in [1.807, 2.05) is 0 Å². The summed E-state index contributed by atoms with van der Waals surface area (Å²) in [6.45, 7) is 0.122. The Hall–Kier alpha value is -2.24. The summed E-state index contributed by atoms with van der Waals surface area (Å²) in [6, 6.07) is 7.82. The summed E-state index contributed by atoms with van der Waals surface area (Å²) in [5.74, 6) is 2.05. The molecule has 1 aliphatic heterocycles. The Kier molecular flexibility index (Phi) is 3.44. The Bertz CT molecular complexity index is 971. The number of hydrogen-bond acceptors (Lipinski definition) is 5. The molecule has 29 heavy (non-hydrogen) atoms. The van der Waals surface area contributed by atoms with E-state index in [1.54, 1.807) is 12.1 Å². The lowest BCUT2D eigenvalue weighted by molar-refractivity contribution is -0.145. The van der Waals surface area contributed by atoms with Crippen LogP contribution in [0.3, 0.4) is 0 Å². The first-order chi connectivity index (χ1) is 14.0. The molecule has 1 heterocycles. The van der Waals surface area contributed by atoms with E-state index in [2.05, 4.69) is 12.1 Å². The van der Waals surface area contributed by atoms with Gasteiger partial charge < -0.3 is 9.47 Å². The van der Waals surface area contributed by atoms with Gasteiger partial charge in [0.1, 0.15) is 5.78 Å². The summed E-state index contributed by atoms with van der Waals surface area (Å²) in [5.41, 5.74) is -1.02. The minimum Gasteiger partial charge on any atom is -0.454 e. The van der Waals surface area contributed by atoms with Crippen molar-refractivity contribution in [1.82, 2.24) is 0 Å². The molecule has 6 aliphatic rings. The summed E-state index contributed by atoms with van der Waals surface area (Å²) >= 11 is 6.51. The summed E-state index contributed by atoms with van der Waals surface area (Å²) in [6.07, 6.45) is 6.54. The highest BCUT2D eigenvalue weighted by molar-refractivity contribution is 6.31. The minimum atomic E-state index is -1.34. The van der Waals surface area contributed by atoms with Crippen LogP contribution in [-0.4, -0.2) is 12.6 Å². The Labute approximate surface area is 174 Å². The lowest BCUT2D eigenvalue weighted by Gasteiger charge is -2.56. The van der Waals surface area contributed by atoms with Gasteiger partial charge in [-0.2, -0.15) is 10.5 Å². The van der Waals surface area contributed by atoms with E-state index in [9.17, 15) is 15.3 Å². The van der Waals surface area contributed by atoms with E-state index < -0.39 is 17.3 Å². The Morgan fingerprint density at radius 3 is 2.10 bits per heavy atom. The average molecular weight is 409 g/mol. The molecule has 0 aromatic heterocycles. The lowest BCUT2D eigenvalue weighted by atomic mass is 9.48. The van der Waals surface area contributed by atoms with E-state index in [1.165, 1.54) is 19.3 Å². The molecule has 1 aromatic carbocycles. The van der Waals surface area contributed by atoms with Crippen LogP contribution in [0, 0.1) is 57.2 Å². The number of ether oxygens (including phenoxy) is 2. The predicted octanol–water partition coefficient (Wildman–Crippen LogP) is 4.60. The molecule has 0 spiro atoms. The number of rotatable bonds is 3. The predicted molar refractivity (Wildman–Crippen MR) is 103 cm³/mol. The maximum Gasteiger partial charge on any atom is 0.231 e.